The summed E-state index contributed by atoms with van der Waals surface area (Å²) in [5.74, 6) is -1.78. The zero-order valence-corrected chi connectivity index (χ0v) is 14.7. The first-order valence-electron chi connectivity index (χ1n) is 7.93. The van der Waals surface area contributed by atoms with Crippen LogP contribution in [0, 0.1) is 15.9 Å². The van der Waals surface area contributed by atoms with Gasteiger partial charge in [0.25, 0.3) is 11.6 Å². The lowest BCUT2D eigenvalue weighted by Crippen LogP contribution is -2.37. The zero-order chi connectivity index (χ0) is 20.1. The lowest BCUT2D eigenvalue weighted by atomic mass is 10.1. The van der Waals surface area contributed by atoms with Crippen molar-refractivity contribution in [3.8, 4) is 0 Å². The van der Waals surface area contributed by atoms with Crippen molar-refractivity contribution in [3.05, 3.63) is 69.5 Å². The Morgan fingerprint density at radius 1 is 1.30 bits per heavy atom. The molecule has 0 saturated heterocycles. The number of benzene rings is 2. The molecule has 0 aliphatic heterocycles. The lowest BCUT2D eigenvalue weighted by molar-refractivity contribution is -0.384. The van der Waals surface area contributed by atoms with Gasteiger partial charge in [-0.05, 0) is 30.7 Å². The van der Waals surface area contributed by atoms with E-state index in [1.165, 1.54) is 43.1 Å². The van der Waals surface area contributed by atoms with Crippen molar-refractivity contribution in [2.75, 3.05) is 12.8 Å². The highest BCUT2D eigenvalue weighted by atomic mass is 19.1. The quantitative estimate of drug-likeness (QED) is 0.359. The van der Waals surface area contributed by atoms with Gasteiger partial charge < -0.3 is 15.4 Å². The number of anilines is 1. The van der Waals surface area contributed by atoms with Gasteiger partial charge in [0, 0.05) is 25.7 Å². The predicted octanol–water partition coefficient (Wildman–Crippen LogP) is 2.52. The van der Waals surface area contributed by atoms with Gasteiger partial charge in [-0.3, -0.25) is 14.9 Å². The number of rotatable bonds is 6. The van der Waals surface area contributed by atoms with Crippen molar-refractivity contribution >= 4 is 23.3 Å². The molecule has 9 heteroatoms. The minimum Gasteiger partial charge on any atom is -0.449 e. The molecule has 0 radical (unpaired) electrons. The third-order valence-electron chi connectivity index (χ3n) is 3.78. The van der Waals surface area contributed by atoms with Crippen molar-refractivity contribution in [2.45, 2.75) is 19.6 Å². The second-order valence-electron chi connectivity index (χ2n) is 5.90. The molecule has 0 fully saturated rings. The Kier molecular flexibility index (Phi) is 6.07. The number of carbonyl (C=O) groups is 2. The van der Waals surface area contributed by atoms with Crippen LogP contribution in [0.15, 0.2) is 42.5 Å². The van der Waals surface area contributed by atoms with Gasteiger partial charge in [0.1, 0.15) is 5.82 Å². The smallest absolute Gasteiger partial charge is 0.341 e. The zero-order valence-electron chi connectivity index (χ0n) is 14.7. The van der Waals surface area contributed by atoms with E-state index >= 15 is 0 Å². The molecule has 2 aromatic carbocycles. The highest BCUT2D eigenvalue weighted by Crippen LogP contribution is 2.21. The van der Waals surface area contributed by atoms with E-state index in [0.29, 0.717) is 5.56 Å². The Bertz CT molecular complexity index is 887. The maximum Gasteiger partial charge on any atom is 0.341 e. The number of nitrogens with two attached hydrogens (primary N) is 1. The summed E-state index contributed by atoms with van der Waals surface area (Å²) in [5.41, 5.74) is 5.78. The molecule has 0 spiro atoms. The van der Waals surface area contributed by atoms with Crippen LogP contribution in [-0.4, -0.2) is 34.9 Å². The Morgan fingerprint density at radius 2 is 2.00 bits per heavy atom. The number of non-ortho nitro benzene ring substituents is 1. The number of amides is 1. The van der Waals surface area contributed by atoms with E-state index in [2.05, 4.69) is 0 Å². The number of ether oxygens (including phenoxy) is 1. The summed E-state index contributed by atoms with van der Waals surface area (Å²) >= 11 is 0. The third-order valence-corrected chi connectivity index (χ3v) is 3.78. The Balaban J connectivity index is 2.02. The number of nitrogens with zero attached hydrogens (tertiary/aromatic N) is 2. The third kappa shape index (κ3) is 5.00. The number of halogens is 1. The van der Waals surface area contributed by atoms with E-state index in [9.17, 15) is 24.1 Å². The van der Waals surface area contributed by atoms with E-state index in [0.717, 1.165) is 12.1 Å². The van der Waals surface area contributed by atoms with Crippen molar-refractivity contribution in [3.63, 3.8) is 0 Å². The second-order valence-corrected chi connectivity index (χ2v) is 5.90. The number of nitrogen functional groups attached to an aromatic ring is 1. The normalized spacial score (nSPS) is 11.5. The largest absolute Gasteiger partial charge is 0.449 e. The van der Waals surface area contributed by atoms with Gasteiger partial charge in [-0.1, -0.05) is 12.1 Å². The van der Waals surface area contributed by atoms with Crippen LogP contribution in [-0.2, 0) is 16.1 Å². The molecule has 0 saturated carbocycles. The summed E-state index contributed by atoms with van der Waals surface area (Å²) < 4.78 is 18.3. The average molecular weight is 375 g/mol. The predicted molar refractivity (Wildman–Crippen MR) is 95.3 cm³/mol. The SMILES string of the molecule is CC(OC(=O)c1ccc([N+](=O)[O-])cc1N)C(=O)N(C)Cc1cccc(F)c1. The summed E-state index contributed by atoms with van der Waals surface area (Å²) in [6, 6.07) is 9.13. The molecular weight excluding hydrogens is 357 g/mol. The van der Waals surface area contributed by atoms with E-state index in [-0.39, 0.29) is 23.5 Å². The Morgan fingerprint density at radius 3 is 2.59 bits per heavy atom. The first-order chi connectivity index (χ1) is 12.7. The van der Waals surface area contributed by atoms with E-state index in [4.69, 9.17) is 10.5 Å². The summed E-state index contributed by atoms with van der Waals surface area (Å²) in [4.78, 5) is 35.9. The topological polar surface area (TPSA) is 116 Å². The molecule has 27 heavy (non-hydrogen) atoms. The molecule has 0 aliphatic carbocycles. The number of likely N-dealkylation sites (N-methyl/N-ethyl adjacent to an activating group) is 1. The molecule has 8 nitrogen and oxygen atoms in total. The van der Waals surface area contributed by atoms with Crippen LogP contribution in [0.3, 0.4) is 0 Å². The van der Waals surface area contributed by atoms with Crippen LogP contribution in [0.5, 0.6) is 0 Å². The van der Waals surface area contributed by atoms with E-state index in [1.807, 2.05) is 0 Å². The van der Waals surface area contributed by atoms with Crippen LogP contribution in [0.4, 0.5) is 15.8 Å². The molecule has 2 rings (SSSR count). The highest BCUT2D eigenvalue weighted by molar-refractivity contribution is 5.97. The Hall–Kier alpha value is -3.49. The van der Waals surface area contributed by atoms with Gasteiger partial charge in [-0.15, -0.1) is 0 Å². The number of hydrogen-bond acceptors (Lipinski definition) is 6. The fourth-order valence-electron chi connectivity index (χ4n) is 2.42. The van der Waals surface area contributed by atoms with Gasteiger partial charge in [-0.2, -0.15) is 0 Å². The molecule has 1 atom stereocenters. The van der Waals surface area contributed by atoms with Crippen LogP contribution in [0.1, 0.15) is 22.8 Å². The number of nitro benzene ring substituents is 1. The van der Waals surface area contributed by atoms with Gasteiger partial charge >= 0.3 is 5.97 Å². The van der Waals surface area contributed by atoms with E-state index < -0.39 is 28.7 Å². The van der Waals surface area contributed by atoms with E-state index in [1.54, 1.807) is 6.07 Å². The van der Waals surface area contributed by atoms with Crippen LogP contribution >= 0.6 is 0 Å². The van der Waals surface area contributed by atoms with Crippen molar-refractivity contribution < 1.29 is 23.6 Å². The minimum absolute atomic E-state index is 0.0759. The fraction of sp³-hybridized carbons (Fsp3) is 0.222. The molecule has 0 aliphatic rings. The minimum atomic E-state index is -1.12. The van der Waals surface area contributed by atoms with Crippen molar-refractivity contribution in [1.29, 1.82) is 0 Å². The summed E-state index contributed by atoms with van der Waals surface area (Å²) in [6.07, 6.45) is -1.12. The van der Waals surface area contributed by atoms with Crippen molar-refractivity contribution in [2.24, 2.45) is 0 Å². The maximum absolute atomic E-state index is 13.2. The van der Waals surface area contributed by atoms with Crippen molar-refractivity contribution in [1.82, 2.24) is 4.90 Å². The maximum atomic E-state index is 13.2. The molecule has 1 amide bonds. The molecule has 0 heterocycles. The number of hydrogen-bond donors (Lipinski definition) is 1. The monoisotopic (exact) mass is 375 g/mol. The molecule has 2 N–H and O–H groups in total. The fourth-order valence-corrected chi connectivity index (χ4v) is 2.42. The second kappa shape index (κ2) is 8.26. The van der Waals surface area contributed by atoms with Gasteiger partial charge in [-0.25, -0.2) is 9.18 Å². The summed E-state index contributed by atoms with van der Waals surface area (Å²) in [6.45, 7) is 1.53. The Labute approximate surface area is 154 Å². The first-order valence-corrected chi connectivity index (χ1v) is 7.93. The number of carbonyl (C=O) groups excluding carboxylic acids is 2. The molecule has 1 unspecified atom stereocenters. The molecular formula is C18H18FN3O5. The molecule has 0 aromatic heterocycles. The molecule has 142 valence electrons. The standard InChI is InChI=1S/C18H18FN3O5/c1-11(17(23)21(2)10-12-4-3-5-13(19)8-12)27-18(24)15-7-6-14(22(25)26)9-16(15)20/h3-9,11H,10,20H2,1-2H3. The van der Waals surface area contributed by atoms with Crippen LogP contribution in [0.2, 0.25) is 0 Å². The molecule has 2 aromatic rings. The first kappa shape index (κ1) is 19.8. The summed E-state index contributed by atoms with van der Waals surface area (Å²) in [5, 5.41) is 10.7. The van der Waals surface area contributed by atoms with Gasteiger partial charge in [0.2, 0.25) is 0 Å². The summed E-state index contributed by atoms with van der Waals surface area (Å²) in [7, 11) is 1.50. The highest BCUT2D eigenvalue weighted by Gasteiger charge is 2.24. The number of esters is 1. The van der Waals surface area contributed by atoms with Crippen LogP contribution in [0.25, 0.3) is 0 Å². The average Bonchev–Trinajstić information content (AvgIpc) is 2.60. The van der Waals surface area contributed by atoms with Crippen LogP contribution < -0.4 is 5.73 Å². The van der Waals surface area contributed by atoms with Gasteiger partial charge in [0.05, 0.1) is 16.2 Å². The number of nitro groups is 1. The van der Waals surface area contributed by atoms with Gasteiger partial charge in [0.15, 0.2) is 6.10 Å². The molecule has 0 bridgehead atoms. The lowest BCUT2D eigenvalue weighted by Gasteiger charge is -2.21.